The summed E-state index contributed by atoms with van der Waals surface area (Å²) in [5, 5.41) is 18.9. The van der Waals surface area contributed by atoms with Gasteiger partial charge in [0.25, 0.3) is 0 Å². The van der Waals surface area contributed by atoms with Crippen molar-refractivity contribution in [3.63, 3.8) is 0 Å². The predicted octanol–water partition coefficient (Wildman–Crippen LogP) is 2.20. The number of morpholine rings is 1. The number of benzene rings is 1. The van der Waals surface area contributed by atoms with Crippen LogP contribution in [-0.4, -0.2) is 63.0 Å². The first-order chi connectivity index (χ1) is 13.7. The van der Waals surface area contributed by atoms with Gasteiger partial charge >= 0.3 is 0 Å². The van der Waals surface area contributed by atoms with Gasteiger partial charge in [-0.1, -0.05) is 6.07 Å². The predicted molar refractivity (Wildman–Crippen MR) is 112 cm³/mol. The Morgan fingerprint density at radius 1 is 1.32 bits per heavy atom. The molecule has 1 fully saturated rings. The van der Waals surface area contributed by atoms with E-state index in [1.807, 2.05) is 6.07 Å². The zero-order valence-corrected chi connectivity index (χ0v) is 17.2. The van der Waals surface area contributed by atoms with Crippen molar-refractivity contribution in [1.82, 2.24) is 15.5 Å². The highest BCUT2D eigenvalue weighted by atomic mass is 32.1. The lowest BCUT2D eigenvalue weighted by atomic mass is 10.2. The van der Waals surface area contributed by atoms with Gasteiger partial charge in [0.15, 0.2) is 5.96 Å². The van der Waals surface area contributed by atoms with E-state index in [1.165, 1.54) is 4.88 Å². The van der Waals surface area contributed by atoms with Crippen LogP contribution in [0, 0.1) is 0 Å². The lowest BCUT2D eigenvalue weighted by Gasteiger charge is -2.34. The standard InChI is InChI=1S/C20H28N4O3S/c1-21-20(22-13-15-12-16(26-2)5-6-18(15)25)23-14-17(19-4-3-11-28-19)24-7-9-27-10-8-24/h3-6,11-12,17,25H,7-10,13-14H2,1-2H3,(H2,21,22,23). The molecule has 8 heteroatoms. The number of aliphatic imine (C=N–C) groups is 1. The molecule has 0 bridgehead atoms. The van der Waals surface area contributed by atoms with Crippen LogP contribution in [0.15, 0.2) is 40.7 Å². The molecule has 1 aliphatic rings. The first-order valence-electron chi connectivity index (χ1n) is 9.37. The summed E-state index contributed by atoms with van der Waals surface area (Å²) in [7, 11) is 3.36. The highest BCUT2D eigenvalue weighted by Gasteiger charge is 2.23. The maximum absolute atomic E-state index is 10.1. The van der Waals surface area contributed by atoms with Crippen LogP contribution in [-0.2, 0) is 11.3 Å². The molecule has 3 N–H and O–H groups in total. The fourth-order valence-corrected chi connectivity index (χ4v) is 4.06. The molecule has 0 radical (unpaired) electrons. The zero-order chi connectivity index (χ0) is 19.8. The summed E-state index contributed by atoms with van der Waals surface area (Å²) < 4.78 is 10.7. The van der Waals surface area contributed by atoms with E-state index in [9.17, 15) is 5.11 Å². The molecule has 2 aromatic rings. The molecule has 28 heavy (non-hydrogen) atoms. The minimum atomic E-state index is 0.230. The molecule has 2 heterocycles. The van der Waals surface area contributed by atoms with Crippen LogP contribution in [0.1, 0.15) is 16.5 Å². The third-order valence-corrected chi connectivity index (χ3v) is 5.75. The van der Waals surface area contributed by atoms with E-state index >= 15 is 0 Å². The van der Waals surface area contributed by atoms with E-state index < -0.39 is 0 Å². The van der Waals surface area contributed by atoms with Crippen molar-refractivity contribution in [2.24, 2.45) is 4.99 Å². The Hall–Kier alpha value is -2.29. The van der Waals surface area contributed by atoms with Gasteiger partial charge in [-0.15, -0.1) is 11.3 Å². The topological polar surface area (TPSA) is 78.4 Å². The number of thiophene rings is 1. The number of hydrogen-bond donors (Lipinski definition) is 3. The smallest absolute Gasteiger partial charge is 0.191 e. The number of nitrogens with zero attached hydrogens (tertiary/aromatic N) is 2. The lowest BCUT2D eigenvalue weighted by molar-refractivity contribution is 0.0177. The fourth-order valence-electron chi connectivity index (χ4n) is 3.20. The monoisotopic (exact) mass is 404 g/mol. The molecule has 1 unspecified atom stereocenters. The van der Waals surface area contributed by atoms with Crippen LogP contribution in [0.3, 0.4) is 0 Å². The largest absolute Gasteiger partial charge is 0.508 e. The second kappa shape index (κ2) is 10.3. The van der Waals surface area contributed by atoms with Crippen LogP contribution >= 0.6 is 11.3 Å². The number of methoxy groups -OCH3 is 1. The average Bonchev–Trinajstić information content (AvgIpc) is 3.27. The molecule has 0 amide bonds. The molecule has 0 spiro atoms. The Morgan fingerprint density at radius 3 is 2.82 bits per heavy atom. The van der Waals surface area contributed by atoms with E-state index in [-0.39, 0.29) is 11.8 Å². The molecule has 0 aliphatic carbocycles. The highest BCUT2D eigenvalue weighted by Crippen LogP contribution is 2.25. The molecular formula is C20H28N4O3S. The molecule has 3 rings (SSSR count). The van der Waals surface area contributed by atoms with Gasteiger partial charge in [-0.05, 0) is 29.6 Å². The fraction of sp³-hybridized carbons (Fsp3) is 0.450. The summed E-state index contributed by atoms with van der Waals surface area (Å²) in [6.07, 6.45) is 0. The van der Waals surface area contributed by atoms with Gasteiger partial charge in [-0.3, -0.25) is 9.89 Å². The Kier molecular flexibility index (Phi) is 7.53. The number of aromatic hydroxyl groups is 1. The molecule has 1 aromatic carbocycles. The van der Waals surface area contributed by atoms with Crippen molar-refractivity contribution in [1.29, 1.82) is 0 Å². The third-order valence-electron chi connectivity index (χ3n) is 4.78. The van der Waals surface area contributed by atoms with Gasteiger partial charge in [-0.2, -0.15) is 0 Å². The number of guanidine groups is 1. The second-order valence-corrected chi connectivity index (χ2v) is 7.46. The number of ether oxygens (including phenoxy) is 2. The van der Waals surface area contributed by atoms with Crippen molar-refractivity contribution in [2.45, 2.75) is 12.6 Å². The number of phenolic OH excluding ortho intramolecular Hbond substituents is 1. The van der Waals surface area contributed by atoms with E-state index in [0.717, 1.165) is 38.4 Å². The number of hydrogen-bond acceptors (Lipinski definition) is 6. The van der Waals surface area contributed by atoms with Crippen molar-refractivity contribution in [3.8, 4) is 11.5 Å². The van der Waals surface area contributed by atoms with Crippen LogP contribution in [0.2, 0.25) is 0 Å². The maximum atomic E-state index is 10.1. The summed E-state index contributed by atoms with van der Waals surface area (Å²) in [5.74, 6) is 1.63. The van der Waals surface area contributed by atoms with E-state index in [2.05, 4.69) is 38.0 Å². The second-order valence-electron chi connectivity index (χ2n) is 6.48. The van der Waals surface area contributed by atoms with E-state index in [0.29, 0.717) is 18.3 Å². The van der Waals surface area contributed by atoms with Gasteiger partial charge in [0.05, 0.1) is 26.4 Å². The Bertz CT molecular complexity index is 761. The lowest BCUT2D eigenvalue weighted by Crippen LogP contribution is -2.46. The number of rotatable bonds is 7. The van der Waals surface area contributed by atoms with Gasteiger partial charge in [0.2, 0.25) is 0 Å². The summed E-state index contributed by atoms with van der Waals surface area (Å²) in [6, 6.07) is 9.73. The molecule has 1 atom stereocenters. The molecular weight excluding hydrogens is 376 g/mol. The third kappa shape index (κ3) is 5.37. The van der Waals surface area contributed by atoms with Crippen molar-refractivity contribution in [3.05, 3.63) is 46.2 Å². The summed E-state index contributed by atoms with van der Waals surface area (Å²) >= 11 is 1.77. The Labute approximate surface area is 170 Å². The number of nitrogens with one attached hydrogen (secondary N) is 2. The molecule has 0 saturated carbocycles. The molecule has 1 aliphatic heterocycles. The first-order valence-corrected chi connectivity index (χ1v) is 10.2. The molecule has 1 saturated heterocycles. The Balaban J connectivity index is 1.60. The van der Waals surface area contributed by atoms with Gasteiger partial charge < -0.3 is 25.2 Å². The van der Waals surface area contributed by atoms with E-state index in [4.69, 9.17) is 9.47 Å². The zero-order valence-electron chi connectivity index (χ0n) is 16.4. The van der Waals surface area contributed by atoms with Gasteiger partial charge in [0.1, 0.15) is 11.5 Å². The van der Waals surface area contributed by atoms with Crippen molar-refractivity contribution in [2.75, 3.05) is 47.0 Å². The van der Waals surface area contributed by atoms with Crippen LogP contribution in [0.25, 0.3) is 0 Å². The summed E-state index contributed by atoms with van der Waals surface area (Å²) in [4.78, 5) is 8.09. The quantitative estimate of drug-likeness (QED) is 0.485. The maximum Gasteiger partial charge on any atom is 0.191 e. The summed E-state index contributed by atoms with van der Waals surface area (Å²) in [6.45, 7) is 4.57. The molecule has 1 aromatic heterocycles. The normalized spacial score (nSPS) is 16.6. The minimum Gasteiger partial charge on any atom is -0.508 e. The van der Waals surface area contributed by atoms with Crippen LogP contribution < -0.4 is 15.4 Å². The van der Waals surface area contributed by atoms with Gasteiger partial charge in [-0.25, -0.2) is 0 Å². The molecule has 7 nitrogen and oxygen atoms in total. The van der Waals surface area contributed by atoms with Gasteiger partial charge in [0, 0.05) is 43.7 Å². The van der Waals surface area contributed by atoms with Crippen LogP contribution in [0.4, 0.5) is 0 Å². The Morgan fingerprint density at radius 2 is 2.14 bits per heavy atom. The van der Waals surface area contributed by atoms with Crippen molar-refractivity contribution >= 4 is 17.3 Å². The SMILES string of the molecule is CN=C(NCc1cc(OC)ccc1O)NCC(c1cccs1)N1CCOCC1. The van der Waals surface area contributed by atoms with Crippen molar-refractivity contribution < 1.29 is 14.6 Å². The molecule has 152 valence electrons. The average molecular weight is 405 g/mol. The minimum absolute atomic E-state index is 0.230. The highest BCUT2D eigenvalue weighted by molar-refractivity contribution is 7.10. The summed E-state index contributed by atoms with van der Waals surface area (Å²) in [5.41, 5.74) is 0.755. The number of phenols is 1. The van der Waals surface area contributed by atoms with E-state index in [1.54, 1.807) is 37.6 Å². The van der Waals surface area contributed by atoms with Crippen LogP contribution in [0.5, 0.6) is 11.5 Å². The first kappa shape index (κ1) is 20.4.